The van der Waals surface area contributed by atoms with E-state index in [1.807, 2.05) is 0 Å². The van der Waals surface area contributed by atoms with E-state index in [4.69, 9.17) is 20.4 Å². The Balaban J connectivity index is 0. The van der Waals surface area contributed by atoms with Gasteiger partial charge in [0.15, 0.2) is 5.92 Å². The molecular formula is C12H20O8. The zero-order chi connectivity index (χ0) is 16.1. The molecular weight excluding hydrogens is 272 g/mol. The van der Waals surface area contributed by atoms with Gasteiger partial charge in [0.25, 0.3) is 0 Å². The monoisotopic (exact) mass is 292 g/mol. The molecule has 0 amide bonds. The number of rotatable bonds is 9. The summed E-state index contributed by atoms with van der Waals surface area (Å²) >= 11 is 0. The maximum Gasteiger partial charge on any atom is 0.317 e. The van der Waals surface area contributed by atoms with Gasteiger partial charge in [0, 0.05) is 12.8 Å². The normalized spacial score (nSPS) is 9.50. The van der Waals surface area contributed by atoms with E-state index >= 15 is 0 Å². The topological polar surface area (TPSA) is 149 Å². The van der Waals surface area contributed by atoms with E-state index in [1.165, 1.54) is 0 Å². The number of carboxylic acids is 4. The molecule has 0 aliphatic heterocycles. The first-order valence-corrected chi connectivity index (χ1v) is 6.11. The van der Waals surface area contributed by atoms with Crippen molar-refractivity contribution in [3.05, 3.63) is 0 Å². The first-order valence-electron chi connectivity index (χ1n) is 6.11. The molecule has 0 heterocycles. The lowest BCUT2D eigenvalue weighted by Crippen LogP contribution is -2.22. The molecule has 0 aromatic carbocycles. The van der Waals surface area contributed by atoms with Crippen LogP contribution >= 0.6 is 0 Å². The van der Waals surface area contributed by atoms with Crippen molar-refractivity contribution in [2.45, 2.75) is 45.4 Å². The van der Waals surface area contributed by atoms with E-state index in [2.05, 4.69) is 0 Å². The Labute approximate surface area is 116 Å². The van der Waals surface area contributed by atoms with Gasteiger partial charge in [-0.25, -0.2) is 0 Å². The van der Waals surface area contributed by atoms with Crippen LogP contribution in [0.1, 0.15) is 45.4 Å². The minimum atomic E-state index is -1.26. The minimum absolute atomic E-state index is 0.0628. The van der Waals surface area contributed by atoms with Crippen LogP contribution in [0.4, 0.5) is 0 Å². The molecule has 0 rings (SSSR count). The van der Waals surface area contributed by atoms with E-state index in [0.29, 0.717) is 19.3 Å². The molecule has 0 aromatic heterocycles. The van der Waals surface area contributed by atoms with Gasteiger partial charge >= 0.3 is 23.9 Å². The van der Waals surface area contributed by atoms with Crippen LogP contribution in [0.15, 0.2) is 0 Å². The third kappa shape index (κ3) is 13.9. The van der Waals surface area contributed by atoms with Crippen molar-refractivity contribution >= 4 is 23.9 Å². The molecule has 0 saturated heterocycles. The third-order valence-corrected chi connectivity index (χ3v) is 2.20. The SMILES string of the molecule is CCCC(C(=O)O)C(=O)O.O=C(O)CCCCC(=O)O. The zero-order valence-corrected chi connectivity index (χ0v) is 11.2. The predicted molar refractivity (Wildman–Crippen MR) is 67.4 cm³/mol. The Morgan fingerprint density at radius 3 is 1.30 bits per heavy atom. The Morgan fingerprint density at radius 1 is 0.800 bits per heavy atom. The van der Waals surface area contributed by atoms with Gasteiger partial charge in [-0.3, -0.25) is 19.2 Å². The van der Waals surface area contributed by atoms with Crippen molar-refractivity contribution in [1.82, 2.24) is 0 Å². The lowest BCUT2D eigenvalue weighted by Gasteiger charge is -2.02. The van der Waals surface area contributed by atoms with Crippen LogP contribution in [0.3, 0.4) is 0 Å². The van der Waals surface area contributed by atoms with Crippen LogP contribution in [0.25, 0.3) is 0 Å². The molecule has 0 radical (unpaired) electrons. The summed E-state index contributed by atoms with van der Waals surface area (Å²) in [5, 5.41) is 32.9. The summed E-state index contributed by atoms with van der Waals surface area (Å²) in [6.07, 6.45) is 1.79. The number of carbonyl (C=O) groups is 4. The van der Waals surface area contributed by atoms with E-state index in [0.717, 1.165) is 0 Å². The van der Waals surface area contributed by atoms with Gasteiger partial charge in [0.1, 0.15) is 0 Å². The van der Waals surface area contributed by atoms with Gasteiger partial charge in [-0.15, -0.1) is 0 Å². The van der Waals surface area contributed by atoms with Crippen molar-refractivity contribution < 1.29 is 39.6 Å². The van der Waals surface area contributed by atoms with Gasteiger partial charge in [0.05, 0.1) is 0 Å². The van der Waals surface area contributed by atoms with Crippen LogP contribution in [0.2, 0.25) is 0 Å². The van der Waals surface area contributed by atoms with Gasteiger partial charge in [-0.1, -0.05) is 13.3 Å². The highest BCUT2D eigenvalue weighted by atomic mass is 16.4. The molecule has 0 fully saturated rings. The summed E-state index contributed by atoms with van der Waals surface area (Å²) < 4.78 is 0. The van der Waals surface area contributed by atoms with Gasteiger partial charge in [-0.2, -0.15) is 0 Å². The molecule has 20 heavy (non-hydrogen) atoms. The zero-order valence-electron chi connectivity index (χ0n) is 11.2. The number of hydrogen-bond donors (Lipinski definition) is 4. The second-order valence-electron chi connectivity index (χ2n) is 4.01. The van der Waals surface area contributed by atoms with Crippen molar-refractivity contribution in [1.29, 1.82) is 0 Å². The summed E-state index contributed by atoms with van der Waals surface area (Å²) in [5.74, 6) is -5.48. The summed E-state index contributed by atoms with van der Waals surface area (Å²) in [6, 6.07) is 0. The highest BCUT2D eigenvalue weighted by Gasteiger charge is 2.23. The van der Waals surface area contributed by atoms with Gasteiger partial charge in [0.2, 0.25) is 0 Å². The molecule has 0 atom stereocenters. The average Bonchev–Trinajstić information content (AvgIpc) is 2.31. The number of carboxylic acid groups (broad SMARTS) is 4. The maximum atomic E-state index is 10.2. The molecule has 0 spiro atoms. The second kappa shape index (κ2) is 11.9. The predicted octanol–water partition coefficient (Wildman–Crippen LogP) is 1.29. The molecule has 4 N–H and O–H groups in total. The number of unbranched alkanes of at least 4 members (excludes halogenated alkanes) is 1. The van der Waals surface area contributed by atoms with Gasteiger partial charge < -0.3 is 20.4 Å². The average molecular weight is 292 g/mol. The lowest BCUT2D eigenvalue weighted by molar-refractivity contribution is -0.154. The Hall–Kier alpha value is -2.12. The number of aliphatic carboxylic acids is 4. The molecule has 0 saturated carbocycles. The smallest absolute Gasteiger partial charge is 0.317 e. The van der Waals surface area contributed by atoms with Crippen molar-refractivity contribution in [2.75, 3.05) is 0 Å². The fourth-order valence-electron chi connectivity index (χ4n) is 1.19. The molecule has 0 aliphatic rings. The van der Waals surface area contributed by atoms with Crippen LogP contribution in [-0.2, 0) is 19.2 Å². The van der Waals surface area contributed by atoms with Crippen LogP contribution < -0.4 is 0 Å². The standard InChI is InChI=1S/2C6H10O4/c1-2-3-4(5(7)8)6(9)10;7-5(8)3-1-2-4-6(9)10/h4H,2-3H2,1H3,(H,7,8)(H,9,10);1-4H2,(H,7,8)(H,9,10). The fraction of sp³-hybridized carbons (Fsp3) is 0.667. The largest absolute Gasteiger partial charge is 0.481 e. The fourth-order valence-corrected chi connectivity index (χ4v) is 1.19. The van der Waals surface area contributed by atoms with Crippen molar-refractivity contribution in [3.8, 4) is 0 Å². The summed E-state index contributed by atoms with van der Waals surface area (Å²) in [7, 11) is 0. The summed E-state index contributed by atoms with van der Waals surface area (Å²) in [6.45, 7) is 1.75. The minimum Gasteiger partial charge on any atom is -0.481 e. The Kier molecular flexibility index (Phi) is 12.1. The molecule has 0 bridgehead atoms. The van der Waals surface area contributed by atoms with E-state index in [9.17, 15) is 19.2 Å². The Bertz CT molecular complexity index is 306. The van der Waals surface area contributed by atoms with Crippen LogP contribution in [-0.4, -0.2) is 44.3 Å². The quantitative estimate of drug-likeness (QED) is 0.366. The highest BCUT2D eigenvalue weighted by Crippen LogP contribution is 2.05. The van der Waals surface area contributed by atoms with Crippen molar-refractivity contribution in [3.63, 3.8) is 0 Å². The first kappa shape index (κ1) is 20.2. The molecule has 0 aromatic rings. The van der Waals surface area contributed by atoms with Gasteiger partial charge in [-0.05, 0) is 19.3 Å². The second-order valence-corrected chi connectivity index (χ2v) is 4.01. The summed E-state index contributed by atoms with van der Waals surface area (Å²) in [4.78, 5) is 40.1. The third-order valence-electron chi connectivity index (χ3n) is 2.20. The van der Waals surface area contributed by atoms with E-state index < -0.39 is 29.8 Å². The summed E-state index contributed by atoms with van der Waals surface area (Å²) in [5.41, 5.74) is 0. The molecule has 0 aliphatic carbocycles. The maximum absolute atomic E-state index is 10.2. The molecule has 8 nitrogen and oxygen atoms in total. The molecule has 0 unspecified atom stereocenters. The van der Waals surface area contributed by atoms with Crippen LogP contribution in [0, 0.1) is 5.92 Å². The number of hydrogen-bond acceptors (Lipinski definition) is 4. The van der Waals surface area contributed by atoms with Crippen molar-refractivity contribution in [2.24, 2.45) is 5.92 Å². The lowest BCUT2D eigenvalue weighted by atomic mass is 10.1. The van der Waals surface area contributed by atoms with E-state index in [-0.39, 0.29) is 19.3 Å². The highest BCUT2D eigenvalue weighted by molar-refractivity contribution is 5.92. The Morgan fingerprint density at radius 2 is 1.15 bits per heavy atom. The molecule has 116 valence electrons. The first-order chi connectivity index (χ1) is 9.22. The van der Waals surface area contributed by atoms with Crippen LogP contribution in [0.5, 0.6) is 0 Å². The van der Waals surface area contributed by atoms with E-state index in [1.54, 1.807) is 6.92 Å². The molecule has 8 heteroatoms.